The van der Waals surface area contributed by atoms with Gasteiger partial charge in [0.1, 0.15) is 5.82 Å². The predicted octanol–water partition coefficient (Wildman–Crippen LogP) is 1.47. The van der Waals surface area contributed by atoms with E-state index in [1.54, 1.807) is 12.1 Å². The van der Waals surface area contributed by atoms with Gasteiger partial charge in [-0.05, 0) is 37.1 Å². The molecule has 0 radical (unpaired) electrons. The number of fused-ring (bicyclic) bond motifs is 1. The molecule has 0 bridgehead atoms. The maximum atomic E-state index is 13.7. The second-order valence-corrected chi connectivity index (χ2v) is 6.97. The summed E-state index contributed by atoms with van der Waals surface area (Å²) in [6.45, 7) is 0.869. The lowest BCUT2D eigenvalue weighted by Crippen LogP contribution is -2.60. The first kappa shape index (κ1) is 17.8. The number of aliphatic hydroxyl groups is 1. The van der Waals surface area contributed by atoms with Crippen LogP contribution in [0.15, 0.2) is 54.4 Å². The first-order valence-corrected chi connectivity index (χ1v) is 9.02. The van der Waals surface area contributed by atoms with Crippen LogP contribution in [-0.2, 0) is 9.53 Å². The molecule has 1 amide bonds. The van der Waals surface area contributed by atoms with Gasteiger partial charge in [0.2, 0.25) is 0 Å². The van der Waals surface area contributed by atoms with Crippen LogP contribution in [0.25, 0.3) is 5.70 Å². The van der Waals surface area contributed by atoms with Gasteiger partial charge < -0.3 is 25.4 Å². The summed E-state index contributed by atoms with van der Waals surface area (Å²) in [6.07, 6.45) is 7.87. The molecule has 142 valence electrons. The number of allylic oxidation sites excluding steroid dienone is 3. The van der Waals surface area contributed by atoms with Crippen LogP contribution in [0.1, 0.15) is 18.4 Å². The predicted molar refractivity (Wildman–Crippen MR) is 98.4 cm³/mol. The van der Waals surface area contributed by atoms with Crippen molar-refractivity contribution in [2.75, 3.05) is 19.8 Å². The van der Waals surface area contributed by atoms with Crippen LogP contribution in [0.4, 0.5) is 4.39 Å². The lowest BCUT2D eigenvalue weighted by atomic mass is 9.91. The van der Waals surface area contributed by atoms with Gasteiger partial charge in [0, 0.05) is 25.0 Å². The van der Waals surface area contributed by atoms with Gasteiger partial charge in [-0.25, -0.2) is 4.39 Å². The molecular weight excluding hydrogens is 349 g/mol. The number of halogens is 1. The van der Waals surface area contributed by atoms with Crippen LogP contribution >= 0.6 is 0 Å². The number of hydrogen-bond acceptors (Lipinski definition) is 5. The van der Waals surface area contributed by atoms with Crippen molar-refractivity contribution >= 4 is 11.6 Å². The highest BCUT2D eigenvalue weighted by Crippen LogP contribution is 2.31. The standard InChI is InChI=1S/C20H22FN3O3/c21-15-5-3-4-14(12-15)17-16-6-1-2-9-24(16)18(22-17)19(26)23-20(13-25)7-10-27-11-8-20/h1-6,9,12,18,22,25H,7-8,10-11,13H2,(H,23,26). The van der Waals surface area contributed by atoms with Crippen molar-refractivity contribution < 1.29 is 19.0 Å². The van der Waals surface area contributed by atoms with Crippen molar-refractivity contribution in [2.24, 2.45) is 0 Å². The van der Waals surface area contributed by atoms with Crippen molar-refractivity contribution in [3.05, 3.63) is 65.8 Å². The van der Waals surface area contributed by atoms with Gasteiger partial charge in [0.05, 0.1) is 23.5 Å². The molecule has 1 atom stereocenters. The fourth-order valence-electron chi connectivity index (χ4n) is 3.65. The van der Waals surface area contributed by atoms with Crippen molar-refractivity contribution in [1.82, 2.24) is 15.5 Å². The number of aliphatic hydroxyl groups excluding tert-OH is 1. The third-order valence-corrected chi connectivity index (χ3v) is 5.21. The number of carbonyl (C=O) groups is 1. The van der Waals surface area contributed by atoms with E-state index in [2.05, 4.69) is 10.6 Å². The van der Waals surface area contributed by atoms with Crippen LogP contribution in [0.3, 0.4) is 0 Å². The number of amides is 1. The Morgan fingerprint density at radius 1 is 1.37 bits per heavy atom. The van der Waals surface area contributed by atoms with E-state index < -0.39 is 11.7 Å². The molecule has 0 spiro atoms. The SMILES string of the molecule is O=C(NC1(CO)CCOCC1)C1NC(c2cccc(F)c2)=C2C=CC=CN21. The van der Waals surface area contributed by atoms with Crippen LogP contribution < -0.4 is 10.6 Å². The largest absolute Gasteiger partial charge is 0.394 e. The summed E-state index contributed by atoms with van der Waals surface area (Å²) >= 11 is 0. The molecule has 27 heavy (non-hydrogen) atoms. The van der Waals surface area contributed by atoms with Crippen molar-refractivity contribution in [3.63, 3.8) is 0 Å². The van der Waals surface area contributed by atoms with E-state index in [0.29, 0.717) is 37.3 Å². The lowest BCUT2D eigenvalue weighted by molar-refractivity contribution is -0.129. The lowest BCUT2D eigenvalue weighted by Gasteiger charge is -2.38. The Kier molecular flexibility index (Phi) is 4.72. The van der Waals surface area contributed by atoms with Crippen LogP contribution in [0.5, 0.6) is 0 Å². The van der Waals surface area contributed by atoms with Crippen LogP contribution in [0.2, 0.25) is 0 Å². The molecule has 3 heterocycles. The maximum absolute atomic E-state index is 13.7. The molecule has 4 rings (SSSR count). The maximum Gasteiger partial charge on any atom is 0.264 e. The van der Waals surface area contributed by atoms with Gasteiger partial charge in [-0.1, -0.05) is 18.2 Å². The van der Waals surface area contributed by atoms with E-state index in [1.807, 2.05) is 29.3 Å². The van der Waals surface area contributed by atoms with Crippen molar-refractivity contribution in [3.8, 4) is 0 Å². The number of benzene rings is 1. The van der Waals surface area contributed by atoms with Gasteiger partial charge >= 0.3 is 0 Å². The molecule has 6 nitrogen and oxygen atoms in total. The molecule has 1 aromatic rings. The van der Waals surface area contributed by atoms with E-state index in [9.17, 15) is 14.3 Å². The van der Waals surface area contributed by atoms with Gasteiger partial charge in [-0.3, -0.25) is 4.79 Å². The molecular formula is C20H22FN3O3. The normalized spacial score (nSPS) is 23.2. The average Bonchev–Trinajstić information content (AvgIpc) is 3.09. The second-order valence-electron chi connectivity index (χ2n) is 6.97. The first-order chi connectivity index (χ1) is 13.1. The minimum atomic E-state index is -0.675. The summed E-state index contributed by atoms with van der Waals surface area (Å²) in [7, 11) is 0. The third-order valence-electron chi connectivity index (χ3n) is 5.21. The van der Waals surface area contributed by atoms with Gasteiger partial charge in [-0.2, -0.15) is 0 Å². The summed E-state index contributed by atoms with van der Waals surface area (Å²) in [6, 6.07) is 6.27. The third kappa shape index (κ3) is 3.36. The molecule has 7 heteroatoms. The Morgan fingerprint density at radius 3 is 2.93 bits per heavy atom. The minimum absolute atomic E-state index is 0.137. The number of hydrogen-bond donors (Lipinski definition) is 3. The smallest absolute Gasteiger partial charge is 0.264 e. The van der Waals surface area contributed by atoms with Gasteiger partial charge in [0.15, 0.2) is 6.17 Å². The Balaban J connectivity index is 1.59. The Morgan fingerprint density at radius 2 is 2.19 bits per heavy atom. The van der Waals surface area contributed by atoms with Gasteiger partial charge in [0.25, 0.3) is 5.91 Å². The quantitative estimate of drug-likeness (QED) is 0.748. The number of carbonyl (C=O) groups excluding carboxylic acids is 1. The number of ether oxygens (including phenoxy) is 1. The zero-order valence-electron chi connectivity index (χ0n) is 14.8. The van der Waals surface area contributed by atoms with Gasteiger partial charge in [-0.15, -0.1) is 0 Å². The molecule has 1 unspecified atom stereocenters. The van der Waals surface area contributed by atoms with E-state index in [0.717, 1.165) is 5.70 Å². The Labute approximate surface area is 157 Å². The highest BCUT2D eigenvalue weighted by Gasteiger charge is 2.40. The summed E-state index contributed by atoms with van der Waals surface area (Å²) in [4.78, 5) is 14.9. The van der Waals surface area contributed by atoms with Crippen LogP contribution in [-0.4, -0.2) is 47.4 Å². The summed E-state index contributed by atoms with van der Waals surface area (Å²) in [5.41, 5.74) is 1.50. The highest BCUT2D eigenvalue weighted by atomic mass is 19.1. The van der Waals surface area contributed by atoms with E-state index in [1.165, 1.54) is 12.1 Å². The molecule has 3 aliphatic rings. The molecule has 0 saturated carbocycles. The highest BCUT2D eigenvalue weighted by molar-refractivity contribution is 5.88. The molecule has 3 aliphatic heterocycles. The van der Waals surface area contributed by atoms with Crippen molar-refractivity contribution in [2.45, 2.75) is 24.5 Å². The Bertz CT molecular complexity index is 828. The molecule has 1 aromatic carbocycles. The first-order valence-electron chi connectivity index (χ1n) is 9.02. The zero-order valence-corrected chi connectivity index (χ0v) is 14.8. The Hall–Kier alpha value is -2.64. The summed E-state index contributed by atoms with van der Waals surface area (Å²) in [5.74, 6) is -0.576. The summed E-state index contributed by atoms with van der Waals surface area (Å²) < 4.78 is 19.0. The average molecular weight is 371 g/mol. The minimum Gasteiger partial charge on any atom is -0.394 e. The summed E-state index contributed by atoms with van der Waals surface area (Å²) in [5, 5.41) is 16.1. The topological polar surface area (TPSA) is 73.8 Å². The van der Waals surface area contributed by atoms with E-state index in [-0.39, 0.29) is 18.3 Å². The fraction of sp³-hybridized carbons (Fsp3) is 0.350. The number of nitrogens with zero attached hydrogens (tertiary/aromatic N) is 1. The molecule has 1 saturated heterocycles. The second kappa shape index (κ2) is 7.17. The van der Waals surface area contributed by atoms with Crippen LogP contribution in [0, 0.1) is 5.82 Å². The monoisotopic (exact) mass is 371 g/mol. The number of nitrogens with one attached hydrogen (secondary N) is 2. The zero-order chi connectivity index (χ0) is 18.9. The molecule has 1 fully saturated rings. The molecule has 0 aliphatic carbocycles. The van der Waals surface area contributed by atoms with Crippen molar-refractivity contribution in [1.29, 1.82) is 0 Å². The molecule has 0 aromatic heterocycles. The number of rotatable bonds is 4. The fourth-order valence-corrected chi connectivity index (χ4v) is 3.65. The van der Waals surface area contributed by atoms with E-state index in [4.69, 9.17) is 4.74 Å². The molecule has 3 N–H and O–H groups in total. The van der Waals surface area contributed by atoms with E-state index >= 15 is 0 Å².